The van der Waals surface area contributed by atoms with Gasteiger partial charge in [0.15, 0.2) is 5.78 Å². The summed E-state index contributed by atoms with van der Waals surface area (Å²) in [5.41, 5.74) is 1.29. The van der Waals surface area contributed by atoms with E-state index in [1.807, 2.05) is 0 Å². The Morgan fingerprint density at radius 1 is 1.11 bits per heavy atom. The summed E-state index contributed by atoms with van der Waals surface area (Å²) in [6.07, 6.45) is 2.52. The van der Waals surface area contributed by atoms with Crippen molar-refractivity contribution in [1.82, 2.24) is 25.0 Å². The zero-order valence-electron chi connectivity index (χ0n) is 20.3. The number of carbonyl (C=O) groups is 4. The third-order valence-corrected chi connectivity index (χ3v) is 7.40. The van der Waals surface area contributed by atoms with E-state index in [4.69, 9.17) is 0 Å². The minimum atomic E-state index is -0.593. The van der Waals surface area contributed by atoms with E-state index in [9.17, 15) is 19.2 Å². The standard InChI is InChI=1S/C25H26BrN7O4/c1-13(34)22-17-11-15(28-25(37)27-2)7-9-18(17)32(31-22)12-21(35)33-16-8-6-14(10-16)23(33)24(36)30-20-5-3-4-19(26)29-20/h3-5,7,9,11,14,16,23H,6,8,10,12H2,1-2H3,(H2,27,28,37)(H,29,30,36)/t14-,16+,23-/m0/s1. The molecule has 192 valence electrons. The molecule has 1 aliphatic heterocycles. The van der Waals surface area contributed by atoms with E-state index in [1.165, 1.54) is 18.7 Å². The summed E-state index contributed by atoms with van der Waals surface area (Å²) in [6.45, 7) is 1.29. The number of fused-ring (bicyclic) bond motifs is 3. The van der Waals surface area contributed by atoms with Gasteiger partial charge in [0.2, 0.25) is 11.8 Å². The first-order valence-electron chi connectivity index (χ1n) is 12.0. The number of hydrogen-bond donors (Lipinski definition) is 3. The van der Waals surface area contributed by atoms with E-state index >= 15 is 0 Å². The highest BCUT2D eigenvalue weighted by Crippen LogP contribution is 2.43. The van der Waals surface area contributed by atoms with E-state index in [1.54, 1.807) is 41.3 Å². The van der Waals surface area contributed by atoms with E-state index in [-0.39, 0.29) is 41.8 Å². The first-order valence-corrected chi connectivity index (χ1v) is 12.8. The zero-order valence-corrected chi connectivity index (χ0v) is 21.9. The first-order chi connectivity index (χ1) is 17.7. The Labute approximate surface area is 221 Å². The molecule has 2 aromatic heterocycles. The van der Waals surface area contributed by atoms with Gasteiger partial charge in [0.05, 0.1) is 5.52 Å². The normalized spacial score (nSPS) is 20.2. The maximum Gasteiger partial charge on any atom is 0.318 e. The van der Waals surface area contributed by atoms with Crippen LogP contribution in [-0.4, -0.2) is 62.4 Å². The molecule has 1 aliphatic carbocycles. The van der Waals surface area contributed by atoms with Crippen molar-refractivity contribution < 1.29 is 19.2 Å². The van der Waals surface area contributed by atoms with Crippen LogP contribution in [0.1, 0.15) is 36.7 Å². The second kappa shape index (κ2) is 9.92. The number of carbonyl (C=O) groups excluding carboxylic acids is 4. The van der Waals surface area contributed by atoms with Crippen molar-refractivity contribution in [3.63, 3.8) is 0 Å². The molecule has 1 saturated heterocycles. The molecule has 0 unspecified atom stereocenters. The summed E-state index contributed by atoms with van der Waals surface area (Å²) >= 11 is 3.31. The number of nitrogens with zero attached hydrogens (tertiary/aromatic N) is 4. The van der Waals surface area contributed by atoms with Crippen LogP contribution < -0.4 is 16.0 Å². The second-order valence-electron chi connectivity index (χ2n) is 9.31. The molecular weight excluding hydrogens is 542 g/mol. The molecular formula is C25H26BrN7O4. The third-order valence-electron chi connectivity index (χ3n) is 6.96. The van der Waals surface area contributed by atoms with Crippen LogP contribution in [-0.2, 0) is 16.1 Å². The van der Waals surface area contributed by atoms with Gasteiger partial charge < -0.3 is 20.9 Å². The van der Waals surface area contributed by atoms with Crippen molar-refractivity contribution in [1.29, 1.82) is 0 Å². The monoisotopic (exact) mass is 567 g/mol. The molecule has 3 atom stereocenters. The van der Waals surface area contributed by atoms with Gasteiger partial charge in [-0.15, -0.1) is 0 Å². The molecule has 2 aliphatic rings. The molecule has 0 radical (unpaired) electrons. The predicted octanol–water partition coefficient (Wildman–Crippen LogP) is 3.17. The first kappa shape index (κ1) is 24.9. The summed E-state index contributed by atoms with van der Waals surface area (Å²) in [5.74, 6) is -0.249. The molecule has 0 spiro atoms. The highest BCUT2D eigenvalue weighted by atomic mass is 79.9. The van der Waals surface area contributed by atoms with Crippen molar-refractivity contribution in [2.75, 3.05) is 17.7 Å². The number of hydrogen-bond acceptors (Lipinski definition) is 6. The Morgan fingerprint density at radius 3 is 2.65 bits per heavy atom. The number of rotatable bonds is 6. The lowest BCUT2D eigenvalue weighted by Gasteiger charge is -2.34. The number of amides is 4. The lowest BCUT2D eigenvalue weighted by molar-refractivity contribution is -0.141. The molecule has 12 heteroatoms. The molecule has 5 rings (SSSR count). The number of nitrogens with one attached hydrogen (secondary N) is 3. The van der Waals surface area contributed by atoms with Gasteiger partial charge in [-0.05, 0) is 71.4 Å². The Bertz CT molecular complexity index is 1420. The number of pyridine rings is 1. The molecule has 2 fully saturated rings. The molecule has 3 heterocycles. The topological polar surface area (TPSA) is 138 Å². The highest BCUT2D eigenvalue weighted by molar-refractivity contribution is 9.10. The number of Topliss-reactive ketones (excluding diaryl/α,β-unsaturated/α-hetero) is 1. The number of likely N-dealkylation sites (tertiary alicyclic amines) is 1. The predicted molar refractivity (Wildman–Crippen MR) is 140 cm³/mol. The molecule has 3 N–H and O–H groups in total. The minimum Gasteiger partial charge on any atom is -0.341 e. The Balaban J connectivity index is 1.41. The zero-order chi connectivity index (χ0) is 26.3. The number of ketones is 1. The molecule has 11 nitrogen and oxygen atoms in total. The van der Waals surface area contributed by atoms with Gasteiger partial charge in [-0.25, -0.2) is 9.78 Å². The Kier molecular flexibility index (Phi) is 6.67. The van der Waals surface area contributed by atoms with Gasteiger partial charge in [-0.2, -0.15) is 5.10 Å². The van der Waals surface area contributed by atoms with E-state index in [0.717, 1.165) is 19.3 Å². The van der Waals surface area contributed by atoms with Crippen molar-refractivity contribution in [3.05, 3.63) is 46.7 Å². The van der Waals surface area contributed by atoms with E-state index < -0.39 is 12.1 Å². The number of piperidine rings is 1. The van der Waals surface area contributed by atoms with Crippen LogP contribution in [0.15, 0.2) is 41.0 Å². The van der Waals surface area contributed by atoms with Crippen molar-refractivity contribution in [3.8, 4) is 0 Å². The fourth-order valence-corrected chi connectivity index (χ4v) is 5.75. The Hall–Kier alpha value is -3.80. The van der Waals surface area contributed by atoms with Gasteiger partial charge in [0.25, 0.3) is 0 Å². The fraction of sp³-hybridized carbons (Fsp3) is 0.360. The highest BCUT2D eigenvalue weighted by Gasteiger charge is 2.51. The summed E-state index contributed by atoms with van der Waals surface area (Å²) in [7, 11) is 1.51. The second-order valence-corrected chi connectivity index (χ2v) is 10.1. The van der Waals surface area contributed by atoms with E-state index in [0.29, 0.717) is 27.0 Å². The van der Waals surface area contributed by atoms with Crippen LogP contribution in [0.25, 0.3) is 10.9 Å². The summed E-state index contributed by atoms with van der Waals surface area (Å²) < 4.78 is 2.10. The quantitative estimate of drug-likeness (QED) is 0.309. The summed E-state index contributed by atoms with van der Waals surface area (Å²) in [5, 5.41) is 13.0. The SMILES string of the molecule is CNC(=O)Nc1ccc2c(c1)c(C(C)=O)nn2CC(=O)N1[C@@H]2CC[C@@H](C2)[C@H]1C(=O)Nc1cccc(Br)n1. The van der Waals surface area contributed by atoms with Gasteiger partial charge in [-0.1, -0.05) is 6.07 Å². The van der Waals surface area contributed by atoms with Gasteiger partial charge in [0.1, 0.15) is 28.7 Å². The maximum atomic E-state index is 13.6. The number of halogens is 1. The Morgan fingerprint density at radius 2 is 1.92 bits per heavy atom. The summed E-state index contributed by atoms with van der Waals surface area (Å²) in [4.78, 5) is 56.9. The minimum absolute atomic E-state index is 0.0128. The average Bonchev–Trinajstić information content (AvgIpc) is 3.57. The van der Waals surface area contributed by atoms with Crippen molar-refractivity contribution in [2.45, 2.75) is 44.8 Å². The molecule has 1 saturated carbocycles. The molecule has 2 bridgehead atoms. The largest absolute Gasteiger partial charge is 0.341 e. The lowest BCUT2D eigenvalue weighted by atomic mass is 9.97. The van der Waals surface area contributed by atoms with Crippen molar-refractivity contribution >= 4 is 62.0 Å². The molecule has 37 heavy (non-hydrogen) atoms. The molecule has 1 aromatic carbocycles. The van der Waals surface area contributed by atoms with Crippen LogP contribution in [0.5, 0.6) is 0 Å². The van der Waals surface area contributed by atoms with Crippen LogP contribution in [0, 0.1) is 5.92 Å². The number of aromatic nitrogens is 3. The van der Waals surface area contributed by atoms with Gasteiger partial charge in [-0.3, -0.25) is 19.1 Å². The van der Waals surface area contributed by atoms with Crippen molar-refractivity contribution in [2.24, 2.45) is 5.92 Å². The average molecular weight is 568 g/mol. The lowest BCUT2D eigenvalue weighted by Crippen LogP contribution is -2.52. The maximum absolute atomic E-state index is 13.6. The fourth-order valence-electron chi connectivity index (χ4n) is 5.40. The van der Waals surface area contributed by atoms with Gasteiger partial charge in [0, 0.05) is 31.1 Å². The molecule has 3 aromatic rings. The third kappa shape index (κ3) is 4.80. The number of urea groups is 1. The number of anilines is 2. The van der Waals surface area contributed by atoms with E-state index in [2.05, 4.69) is 42.0 Å². The molecule has 4 amide bonds. The summed E-state index contributed by atoms with van der Waals surface area (Å²) in [6, 6.07) is 9.31. The number of benzene rings is 1. The van der Waals surface area contributed by atoms with Crippen LogP contribution in [0.4, 0.5) is 16.3 Å². The van der Waals surface area contributed by atoms with Crippen LogP contribution in [0.3, 0.4) is 0 Å². The van der Waals surface area contributed by atoms with Crippen LogP contribution in [0.2, 0.25) is 0 Å². The van der Waals surface area contributed by atoms with Crippen LogP contribution >= 0.6 is 15.9 Å². The smallest absolute Gasteiger partial charge is 0.318 e. The van der Waals surface area contributed by atoms with Gasteiger partial charge >= 0.3 is 6.03 Å².